The monoisotopic (exact) mass is 570 g/mol. The lowest BCUT2D eigenvalue weighted by atomic mass is 9.91. The van der Waals surface area contributed by atoms with Crippen LogP contribution in [-0.4, -0.2) is 73.0 Å². The SMILES string of the molecule is COc1ccc(CC(=O)Nc2cc(C(=O)NC3CCC(N)CC3)ccc2N2CCN(C(=O)c3cccnc3)CC2)cc1. The maximum atomic E-state index is 13.2. The highest BCUT2D eigenvalue weighted by molar-refractivity contribution is 6.00. The van der Waals surface area contributed by atoms with Crippen molar-refractivity contribution >= 4 is 29.1 Å². The maximum absolute atomic E-state index is 13.2. The van der Waals surface area contributed by atoms with Crippen LogP contribution in [0.5, 0.6) is 5.75 Å². The van der Waals surface area contributed by atoms with Crippen molar-refractivity contribution in [3.63, 3.8) is 0 Å². The summed E-state index contributed by atoms with van der Waals surface area (Å²) in [5.74, 6) is 0.318. The fraction of sp³-hybridized carbons (Fsp3) is 0.375. The Morgan fingerprint density at radius 3 is 2.36 bits per heavy atom. The lowest BCUT2D eigenvalue weighted by molar-refractivity contribution is -0.115. The van der Waals surface area contributed by atoms with Gasteiger partial charge in [0.15, 0.2) is 0 Å². The van der Waals surface area contributed by atoms with Crippen molar-refractivity contribution in [2.24, 2.45) is 5.73 Å². The number of methoxy groups -OCH3 is 1. The molecule has 3 aromatic rings. The van der Waals surface area contributed by atoms with Gasteiger partial charge in [-0.1, -0.05) is 12.1 Å². The molecule has 5 rings (SSSR count). The van der Waals surface area contributed by atoms with Crippen LogP contribution >= 0.6 is 0 Å². The molecule has 2 fully saturated rings. The third kappa shape index (κ3) is 7.25. The molecule has 0 atom stereocenters. The number of nitrogens with zero attached hydrogens (tertiary/aromatic N) is 3. The molecule has 10 heteroatoms. The normalized spacial score (nSPS) is 18.7. The van der Waals surface area contributed by atoms with E-state index in [2.05, 4.69) is 20.5 Å². The van der Waals surface area contributed by atoms with Crippen molar-refractivity contribution < 1.29 is 19.1 Å². The minimum Gasteiger partial charge on any atom is -0.497 e. The number of hydrogen-bond acceptors (Lipinski definition) is 7. The van der Waals surface area contributed by atoms with Crippen molar-refractivity contribution in [1.29, 1.82) is 0 Å². The summed E-state index contributed by atoms with van der Waals surface area (Å²) in [5, 5.41) is 6.19. The number of nitrogens with two attached hydrogens (primary N) is 1. The van der Waals surface area contributed by atoms with Gasteiger partial charge in [0, 0.05) is 56.2 Å². The van der Waals surface area contributed by atoms with E-state index >= 15 is 0 Å². The zero-order valence-electron chi connectivity index (χ0n) is 23.9. The number of benzene rings is 2. The molecule has 1 saturated heterocycles. The van der Waals surface area contributed by atoms with Crippen molar-refractivity contribution in [2.45, 2.75) is 44.2 Å². The number of nitrogens with one attached hydrogen (secondary N) is 2. The quantitative estimate of drug-likeness (QED) is 0.379. The van der Waals surface area contributed by atoms with Gasteiger partial charge in [-0.15, -0.1) is 0 Å². The number of pyridine rings is 1. The van der Waals surface area contributed by atoms with E-state index in [9.17, 15) is 14.4 Å². The van der Waals surface area contributed by atoms with Crippen LogP contribution in [0.25, 0.3) is 0 Å². The third-order valence-corrected chi connectivity index (χ3v) is 7.98. The first-order chi connectivity index (χ1) is 20.4. The number of hydrogen-bond donors (Lipinski definition) is 3. The van der Waals surface area contributed by atoms with Gasteiger partial charge in [-0.05, 0) is 73.7 Å². The van der Waals surface area contributed by atoms with Gasteiger partial charge in [0.25, 0.3) is 11.8 Å². The van der Waals surface area contributed by atoms with Gasteiger partial charge >= 0.3 is 0 Å². The summed E-state index contributed by atoms with van der Waals surface area (Å²) in [6.45, 7) is 2.22. The van der Waals surface area contributed by atoms with E-state index in [4.69, 9.17) is 10.5 Å². The van der Waals surface area contributed by atoms with E-state index in [0.29, 0.717) is 43.0 Å². The largest absolute Gasteiger partial charge is 0.497 e. The van der Waals surface area contributed by atoms with Gasteiger partial charge < -0.3 is 30.9 Å². The summed E-state index contributed by atoms with van der Waals surface area (Å²) in [7, 11) is 1.60. The van der Waals surface area contributed by atoms with Gasteiger partial charge in [-0.25, -0.2) is 0 Å². The maximum Gasteiger partial charge on any atom is 0.255 e. The molecule has 1 saturated carbocycles. The summed E-state index contributed by atoms with van der Waals surface area (Å²) >= 11 is 0. The van der Waals surface area contributed by atoms with E-state index < -0.39 is 0 Å². The number of anilines is 2. The summed E-state index contributed by atoms with van der Waals surface area (Å²) in [6, 6.07) is 16.6. The lowest BCUT2D eigenvalue weighted by Crippen LogP contribution is -2.49. The lowest BCUT2D eigenvalue weighted by Gasteiger charge is -2.37. The van der Waals surface area contributed by atoms with Crippen molar-refractivity contribution in [3.05, 3.63) is 83.7 Å². The van der Waals surface area contributed by atoms with Gasteiger partial charge in [0.1, 0.15) is 5.75 Å². The topological polar surface area (TPSA) is 130 Å². The Hall–Kier alpha value is -4.44. The Labute approximate surface area is 246 Å². The van der Waals surface area contributed by atoms with Gasteiger partial charge in [0.05, 0.1) is 30.5 Å². The first-order valence-corrected chi connectivity index (χ1v) is 14.5. The zero-order valence-corrected chi connectivity index (χ0v) is 23.9. The first-order valence-electron chi connectivity index (χ1n) is 14.5. The number of aromatic nitrogens is 1. The minimum atomic E-state index is -0.189. The molecule has 1 aromatic heterocycles. The second kappa shape index (κ2) is 13.5. The minimum absolute atomic E-state index is 0.0496. The molecule has 2 heterocycles. The van der Waals surface area contributed by atoms with E-state index in [1.807, 2.05) is 35.2 Å². The molecule has 2 aliphatic rings. The van der Waals surface area contributed by atoms with Crippen LogP contribution in [0.4, 0.5) is 11.4 Å². The summed E-state index contributed by atoms with van der Waals surface area (Å²) < 4.78 is 5.22. The third-order valence-electron chi connectivity index (χ3n) is 7.98. The van der Waals surface area contributed by atoms with Crippen LogP contribution in [0.15, 0.2) is 67.0 Å². The fourth-order valence-corrected chi connectivity index (χ4v) is 5.53. The molecule has 1 aliphatic carbocycles. The molecule has 0 bridgehead atoms. The zero-order chi connectivity index (χ0) is 29.5. The number of piperazine rings is 1. The summed E-state index contributed by atoms with van der Waals surface area (Å²) in [5.41, 5.74) is 9.31. The fourth-order valence-electron chi connectivity index (χ4n) is 5.53. The standard InChI is InChI=1S/C32H38N6O4/c1-42-27-11-4-22(5-12-27)19-30(39)36-28-20-23(31(40)35-26-9-7-25(33)8-10-26)6-13-29(28)37-15-17-38(18-16-37)32(41)24-3-2-14-34-21-24/h2-6,11-14,20-21,25-26H,7-10,15-19,33H2,1H3,(H,35,40)(H,36,39). The van der Waals surface area contributed by atoms with Crippen LogP contribution in [0.3, 0.4) is 0 Å². The Kier molecular flexibility index (Phi) is 9.33. The molecule has 2 aromatic carbocycles. The number of ether oxygens (including phenoxy) is 1. The molecule has 42 heavy (non-hydrogen) atoms. The van der Waals surface area contributed by atoms with Crippen LogP contribution in [0.1, 0.15) is 52.0 Å². The highest BCUT2D eigenvalue weighted by atomic mass is 16.5. The summed E-state index contributed by atoms with van der Waals surface area (Å²) in [6.07, 6.45) is 6.91. The summed E-state index contributed by atoms with van der Waals surface area (Å²) in [4.78, 5) is 47.3. The van der Waals surface area contributed by atoms with E-state index in [1.165, 1.54) is 0 Å². The van der Waals surface area contributed by atoms with Crippen LogP contribution in [-0.2, 0) is 11.2 Å². The Morgan fingerprint density at radius 1 is 0.952 bits per heavy atom. The van der Waals surface area contributed by atoms with Crippen LogP contribution in [0.2, 0.25) is 0 Å². The van der Waals surface area contributed by atoms with E-state index in [1.54, 1.807) is 43.8 Å². The van der Waals surface area contributed by atoms with Crippen LogP contribution < -0.4 is 26.0 Å². The molecule has 220 valence electrons. The molecule has 0 spiro atoms. The van der Waals surface area contributed by atoms with Gasteiger partial charge in [-0.3, -0.25) is 19.4 Å². The highest BCUT2D eigenvalue weighted by Gasteiger charge is 2.26. The molecule has 1 aliphatic heterocycles. The van der Waals surface area contributed by atoms with E-state index in [0.717, 1.165) is 42.7 Å². The highest BCUT2D eigenvalue weighted by Crippen LogP contribution is 2.29. The molecule has 10 nitrogen and oxygen atoms in total. The smallest absolute Gasteiger partial charge is 0.255 e. The molecule has 4 N–H and O–H groups in total. The molecule has 3 amide bonds. The Balaban J connectivity index is 1.31. The second-order valence-electron chi connectivity index (χ2n) is 10.9. The average Bonchev–Trinajstić information content (AvgIpc) is 3.02. The van der Waals surface area contributed by atoms with Crippen molar-refractivity contribution in [3.8, 4) is 5.75 Å². The number of carbonyl (C=O) groups is 3. The Bertz CT molecular complexity index is 1380. The van der Waals surface area contributed by atoms with Gasteiger partial charge in [-0.2, -0.15) is 0 Å². The second-order valence-corrected chi connectivity index (χ2v) is 10.9. The number of rotatable bonds is 8. The average molecular weight is 571 g/mol. The van der Waals surface area contributed by atoms with Crippen LogP contribution in [0, 0.1) is 0 Å². The predicted octanol–water partition coefficient (Wildman–Crippen LogP) is 3.23. The Morgan fingerprint density at radius 2 is 1.69 bits per heavy atom. The van der Waals surface area contributed by atoms with Gasteiger partial charge in [0.2, 0.25) is 5.91 Å². The number of carbonyl (C=O) groups excluding carboxylic acids is 3. The molecule has 0 radical (unpaired) electrons. The molecule has 0 unspecified atom stereocenters. The predicted molar refractivity (Wildman–Crippen MR) is 162 cm³/mol. The van der Waals surface area contributed by atoms with E-state index in [-0.39, 0.29) is 36.2 Å². The molecular weight excluding hydrogens is 532 g/mol. The first kappa shape index (κ1) is 29.1. The van der Waals surface area contributed by atoms with Crippen molar-refractivity contribution in [1.82, 2.24) is 15.2 Å². The van der Waals surface area contributed by atoms with Crippen molar-refractivity contribution in [2.75, 3.05) is 43.5 Å². The number of amides is 3. The molecular formula is C32H38N6O4.